The predicted molar refractivity (Wildman–Crippen MR) is 82.2 cm³/mol. The summed E-state index contributed by atoms with van der Waals surface area (Å²) in [4.78, 5) is 14.0. The summed E-state index contributed by atoms with van der Waals surface area (Å²) >= 11 is 0. The third-order valence-electron chi connectivity index (χ3n) is 4.04. The van der Waals surface area contributed by atoms with Gasteiger partial charge in [-0.05, 0) is 30.5 Å². The summed E-state index contributed by atoms with van der Waals surface area (Å²) in [5, 5.41) is 5.25. The number of alkyl halides is 3. The van der Waals surface area contributed by atoms with Crippen molar-refractivity contribution in [3.63, 3.8) is 0 Å². The highest BCUT2D eigenvalue weighted by Gasteiger charge is 2.36. The van der Waals surface area contributed by atoms with Gasteiger partial charge in [-0.2, -0.15) is 13.2 Å². The maximum atomic E-state index is 12.5. The van der Waals surface area contributed by atoms with E-state index in [-0.39, 0.29) is 11.9 Å². The van der Waals surface area contributed by atoms with Crippen LogP contribution in [0.15, 0.2) is 34.9 Å². The molecule has 2 amide bonds. The number of hydrogen-bond donors (Lipinski definition) is 1. The fourth-order valence-electron chi connectivity index (χ4n) is 2.83. The molecule has 2 aromatic rings. The minimum absolute atomic E-state index is 0.157. The molecule has 2 heterocycles. The first-order valence-electron chi connectivity index (χ1n) is 7.64. The van der Waals surface area contributed by atoms with Crippen molar-refractivity contribution < 1.29 is 27.2 Å². The molecule has 1 aliphatic rings. The van der Waals surface area contributed by atoms with Crippen LogP contribution in [0.25, 0.3) is 0 Å². The number of rotatable bonds is 3. The number of halogens is 3. The van der Waals surface area contributed by atoms with Crippen LogP contribution in [-0.4, -0.2) is 29.7 Å². The average Bonchev–Trinajstić information content (AvgIpc) is 3.23. The number of ether oxygens (including phenoxy) is 1. The van der Waals surface area contributed by atoms with Crippen LogP contribution in [-0.2, 0) is 6.18 Å². The van der Waals surface area contributed by atoms with E-state index in [4.69, 9.17) is 4.74 Å². The molecule has 1 aromatic carbocycles. The molecule has 0 aliphatic carbocycles. The first-order valence-corrected chi connectivity index (χ1v) is 7.64. The average molecular weight is 355 g/mol. The normalized spacial score (nSPS) is 17.6. The number of carbonyl (C=O) groups excluding carboxylic acids is 1. The zero-order chi connectivity index (χ0) is 18.0. The maximum absolute atomic E-state index is 12.5. The van der Waals surface area contributed by atoms with Crippen LogP contribution in [0.5, 0.6) is 5.75 Å². The lowest BCUT2D eigenvalue weighted by atomic mass is 10.0. The molecule has 0 bridgehead atoms. The van der Waals surface area contributed by atoms with Crippen molar-refractivity contribution in [2.24, 2.45) is 0 Å². The van der Waals surface area contributed by atoms with Gasteiger partial charge in [0, 0.05) is 12.6 Å². The molecule has 9 heteroatoms. The lowest BCUT2D eigenvalue weighted by molar-refractivity contribution is -0.142. The standard InChI is InChI=1S/C16H16F3N3O3/c1-24-11-6-4-10(5-7-11)12-3-2-8-22(12)15(23)20-14-9-13(21-25-14)16(17,18)19/h4-7,9,12H,2-3,8H2,1H3,(H,20,23). The van der Waals surface area contributed by atoms with Crippen molar-refractivity contribution in [1.29, 1.82) is 0 Å². The number of nitrogens with one attached hydrogen (secondary N) is 1. The minimum atomic E-state index is -4.62. The lowest BCUT2D eigenvalue weighted by Gasteiger charge is -2.24. The monoisotopic (exact) mass is 355 g/mol. The van der Waals surface area contributed by atoms with Crippen LogP contribution < -0.4 is 10.1 Å². The van der Waals surface area contributed by atoms with Gasteiger partial charge in [-0.25, -0.2) is 4.79 Å². The Morgan fingerprint density at radius 2 is 2.08 bits per heavy atom. The van der Waals surface area contributed by atoms with E-state index in [1.54, 1.807) is 24.1 Å². The number of nitrogens with zero attached hydrogens (tertiary/aromatic N) is 2. The van der Waals surface area contributed by atoms with Gasteiger partial charge < -0.3 is 14.2 Å². The van der Waals surface area contributed by atoms with Gasteiger partial charge in [0.25, 0.3) is 0 Å². The largest absolute Gasteiger partial charge is 0.497 e. The van der Waals surface area contributed by atoms with E-state index in [1.807, 2.05) is 12.1 Å². The summed E-state index contributed by atoms with van der Waals surface area (Å²) in [6.45, 7) is 0.503. The molecule has 0 saturated carbocycles. The molecule has 1 unspecified atom stereocenters. The van der Waals surface area contributed by atoms with Crippen molar-refractivity contribution in [2.75, 3.05) is 19.0 Å². The zero-order valence-corrected chi connectivity index (χ0v) is 13.3. The number of hydrogen-bond acceptors (Lipinski definition) is 4. The molecule has 1 aromatic heterocycles. The molecular formula is C16H16F3N3O3. The first kappa shape index (κ1) is 17.1. The van der Waals surface area contributed by atoms with E-state index in [9.17, 15) is 18.0 Å². The molecule has 1 atom stereocenters. The Bertz CT molecular complexity index is 743. The number of amides is 2. The molecule has 0 radical (unpaired) electrons. The van der Waals surface area contributed by atoms with Gasteiger partial charge in [0.1, 0.15) is 5.75 Å². The van der Waals surface area contributed by atoms with Gasteiger partial charge in [-0.15, -0.1) is 0 Å². The molecular weight excluding hydrogens is 339 g/mol. The van der Waals surface area contributed by atoms with Crippen LogP contribution in [0.2, 0.25) is 0 Å². The van der Waals surface area contributed by atoms with Crippen molar-refractivity contribution in [3.8, 4) is 5.75 Å². The molecule has 3 rings (SSSR count). The molecule has 1 saturated heterocycles. The second-order valence-corrected chi connectivity index (χ2v) is 5.63. The van der Waals surface area contributed by atoms with Crippen LogP contribution in [0.4, 0.5) is 23.8 Å². The second kappa shape index (κ2) is 6.66. The van der Waals surface area contributed by atoms with Crippen LogP contribution >= 0.6 is 0 Å². The number of likely N-dealkylation sites (tertiary alicyclic amines) is 1. The Kier molecular flexibility index (Phi) is 4.56. The molecule has 1 N–H and O–H groups in total. The van der Waals surface area contributed by atoms with Crippen molar-refractivity contribution in [3.05, 3.63) is 41.6 Å². The maximum Gasteiger partial charge on any atom is 0.436 e. The Hall–Kier alpha value is -2.71. The van der Waals surface area contributed by atoms with Gasteiger partial charge in [0.05, 0.1) is 13.2 Å². The third-order valence-corrected chi connectivity index (χ3v) is 4.04. The van der Waals surface area contributed by atoms with Crippen LogP contribution in [0, 0.1) is 0 Å². The number of urea groups is 1. The van der Waals surface area contributed by atoms with Gasteiger partial charge in [0.15, 0.2) is 5.69 Å². The Morgan fingerprint density at radius 1 is 1.36 bits per heavy atom. The number of benzene rings is 1. The van der Waals surface area contributed by atoms with E-state index >= 15 is 0 Å². The van der Waals surface area contributed by atoms with Crippen LogP contribution in [0.3, 0.4) is 0 Å². The number of carbonyl (C=O) groups is 1. The fourth-order valence-corrected chi connectivity index (χ4v) is 2.83. The SMILES string of the molecule is COc1ccc(C2CCCN2C(=O)Nc2cc(C(F)(F)F)no2)cc1. The summed E-state index contributed by atoms with van der Waals surface area (Å²) in [7, 11) is 1.57. The van der Waals surface area contributed by atoms with Gasteiger partial charge >= 0.3 is 12.2 Å². The Morgan fingerprint density at radius 3 is 2.68 bits per heavy atom. The van der Waals surface area contributed by atoms with Gasteiger partial charge in [-0.1, -0.05) is 17.3 Å². The second-order valence-electron chi connectivity index (χ2n) is 5.63. The molecule has 0 spiro atoms. The van der Waals surface area contributed by atoms with Gasteiger partial charge in [0.2, 0.25) is 5.88 Å². The summed E-state index contributed by atoms with van der Waals surface area (Å²) in [5.74, 6) is 0.372. The highest BCUT2D eigenvalue weighted by molar-refractivity contribution is 5.88. The Labute approximate surface area is 141 Å². The van der Waals surface area contributed by atoms with Crippen molar-refractivity contribution in [1.82, 2.24) is 10.1 Å². The molecule has 1 fully saturated rings. The number of methoxy groups -OCH3 is 1. The Balaban J connectivity index is 1.71. The summed E-state index contributed by atoms with van der Waals surface area (Å²) < 4.78 is 47.2. The third kappa shape index (κ3) is 3.70. The topological polar surface area (TPSA) is 67.6 Å². The van der Waals surface area contributed by atoms with E-state index in [0.29, 0.717) is 18.4 Å². The fraction of sp³-hybridized carbons (Fsp3) is 0.375. The van der Waals surface area contributed by atoms with E-state index < -0.39 is 17.9 Å². The molecule has 134 valence electrons. The molecule has 1 aliphatic heterocycles. The van der Waals surface area contributed by atoms with Gasteiger partial charge in [-0.3, -0.25) is 5.32 Å². The molecule has 25 heavy (non-hydrogen) atoms. The van der Waals surface area contributed by atoms with Crippen LogP contribution in [0.1, 0.15) is 30.1 Å². The minimum Gasteiger partial charge on any atom is -0.497 e. The zero-order valence-electron chi connectivity index (χ0n) is 13.3. The van der Waals surface area contributed by atoms with E-state index in [0.717, 1.165) is 18.4 Å². The first-order chi connectivity index (χ1) is 11.9. The van der Waals surface area contributed by atoms with Crippen molar-refractivity contribution >= 4 is 11.9 Å². The number of anilines is 1. The number of aromatic nitrogens is 1. The summed E-state index contributed by atoms with van der Waals surface area (Å²) in [5.41, 5.74) is -0.252. The summed E-state index contributed by atoms with van der Waals surface area (Å²) in [6.07, 6.45) is -3.05. The lowest BCUT2D eigenvalue weighted by Crippen LogP contribution is -2.34. The van der Waals surface area contributed by atoms with E-state index in [2.05, 4.69) is 15.0 Å². The predicted octanol–water partition coefficient (Wildman–Crippen LogP) is 4.07. The highest BCUT2D eigenvalue weighted by Crippen LogP contribution is 2.34. The van der Waals surface area contributed by atoms with Crippen molar-refractivity contribution in [2.45, 2.75) is 25.1 Å². The smallest absolute Gasteiger partial charge is 0.436 e. The quantitative estimate of drug-likeness (QED) is 0.901. The summed E-state index contributed by atoms with van der Waals surface area (Å²) in [6, 6.07) is 7.32. The highest BCUT2D eigenvalue weighted by atomic mass is 19.4. The van der Waals surface area contributed by atoms with E-state index in [1.165, 1.54) is 0 Å². The molecule has 6 nitrogen and oxygen atoms in total.